The average Bonchev–Trinajstić information content (AvgIpc) is 2.90. The van der Waals surface area contributed by atoms with Gasteiger partial charge in [0.2, 0.25) is 0 Å². The lowest BCUT2D eigenvalue weighted by Crippen LogP contribution is -2.49. The number of carbonyl (C=O) groups is 1. The first-order chi connectivity index (χ1) is 18.7. The van der Waals surface area contributed by atoms with Crippen LogP contribution in [-0.4, -0.2) is 5.91 Å². The predicted molar refractivity (Wildman–Crippen MR) is 128 cm³/mol. The van der Waals surface area contributed by atoms with Gasteiger partial charge in [0.05, 0.1) is 16.7 Å². The van der Waals surface area contributed by atoms with Gasteiger partial charge in [-0.3, -0.25) is 4.79 Å². The largest absolute Gasteiger partial charge is 0.416 e. The number of alkyl halides is 6. The molecular weight excluding hydrogens is 549 g/mol. The first-order valence-corrected chi connectivity index (χ1v) is 11.6. The van der Waals surface area contributed by atoms with Crippen LogP contribution in [0.15, 0.2) is 91.0 Å². The molecule has 0 unspecified atom stereocenters. The summed E-state index contributed by atoms with van der Waals surface area (Å²) in [6.45, 7) is 0. The third kappa shape index (κ3) is 5.83. The van der Waals surface area contributed by atoms with E-state index in [4.69, 9.17) is 0 Å². The van der Waals surface area contributed by atoms with Crippen molar-refractivity contribution in [2.75, 3.05) is 0 Å². The molecule has 4 aromatic carbocycles. The van der Waals surface area contributed by atoms with Crippen LogP contribution in [0.2, 0.25) is 0 Å². The quantitative estimate of drug-likeness (QED) is 0.185. The van der Waals surface area contributed by atoms with Crippen molar-refractivity contribution in [3.63, 3.8) is 0 Å². The van der Waals surface area contributed by atoms with Crippen LogP contribution in [0.5, 0.6) is 0 Å². The Morgan fingerprint density at radius 1 is 0.600 bits per heavy atom. The van der Waals surface area contributed by atoms with Crippen LogP contribution >= 0.6 is 0 Å². The molecule has 4 rings (SSSR count). The van der Waals surface area contributed by atoms with Gasteiger partial charge in [0, 0.05) is 6.42 Å². The van der Waals surface area contributed by atoms with Crippen molar-refractivity contribution in [1.82, 2.24) is 5.32 Å². The first-order valence-electron chi connectivity index (χ1n) is 11.6. The molecule has 2 nitrogen and oxygen atoms in total. The van der Waals surface area contributed by atoms with Crippen LogP contribution in [0, 0.1) is 17.5 Å². The predicted octanol–water partition coefficient (Wildman–Crippen LogP) is 8.06. The first kappa shape index (κ1) is 28.7. The molecule has 0 aromatic heterocycles. The zero-order valence-electron chi connectivity index (χ0n) is 20.2. The highest BCUT2D eigenvalue weighted by Gasteiger charge is 2.41. The Hall–Kier alpha value is -4.28. The summed E-state index contributed by atoms with van der Waals surface area (Å²) in [5.41, 5.74) is -6.34. The van der Waals surface area contributed by atoms with Crippen LogP contribution in [0.25, 0.3) is 0 Å². The fourth-order valence-electron chi connectivity index (χ4n) is 4.37. The highest BCUT2D eigenvalue weighted by atomic mass is 19.4. The normalized spacial score (nSPS) is 12.3. The second-order valence-corrected chi connectivity index (χ2v) is 8.90. The van der Waals surface area contributed by atoms with Crippen molar-refractivity contribution in [2.45, 2.75) is 24.3 Å². The van der Waals surface area contributed by atoms with E-state index in [1.54, 1.807) is 18.2 Å². The molecule has 0 aliphatic heterocycles. The Bertz CT molecular complexity index is 1470. The number of benzene rings is 4. The summed E-state index contributed by atoms with van der Waals surface area (Å²) in [6, 6.07) is 15.6. The molecule has 0 aliphatic rings. The number of amides is 1. The zero-order valence-corrected chi connectivity index (χ0v) is 20.2. The van der Waals surface area contributed by atoms with E-state index in [-0.39, 0.29) is 11.1 Å². The van der Waals surface area contributed by atoms with Crippen molar-refractivity contribution in [2.24, 2.45) is 0 Å². The maximum atomic E-state index is 14.6. The smallest absolute Gasteiger partial charge is 0.338 e. The van der Waals surface area contributed by atoms with E-state index in [0.29, 0.717) is 29.8 Å². The van der Waals surface area contributed by atoms with E-state index in [0.717, 1.165) is 36.4 Å². The van der Waals surface area contributed by atoms with E-state index in [1.165, 1.54) is 12.1 Å². The Labute approximate surface area is 222 Å². The molecule has 0 saturated carbocycles. The SMILES string of the molecule is O=C(NC(Cc1ccccc1)(c1cccc(C(F)(F)F)c1)c1cccc(C(F)(F)F)c1)c1c(F)ccc(F)c1F. The molecule has 1 N–H and O–H groups in total. The number of carbonyl (C=O) groups excluding carboxylic acids is 1. The minimum atomic E-state index is -4.88. The molecule has 0 radical (unpaired) electrons. The van der Waals surface area contributed by atoms with Gasteiger partial charge in [-0.15, -0.1) is 0 Å². The lowest BCUT2D eigenvalue weighted by atomic mass is 9.76. The van der Waals surface area contributed by atoms with Gasteiger partial charge in [-0.1, -0.05) is 54.6 Å². The van der Waals surface area contributed by atoms with E-state index < -0.39 is 64.4 Å². The number of rotatable bonds is 6. The fraction of sp³-hybridized carbons (Fsp3) is 0.138. The molecule has 0 saturated heterocycles. The van der Waals surface area contributed by atoms with Crippen molar-refractivity contribution >= 4 is 5.91 Å². The van der Waals surface area contributed by atoms with Gasteiger partial charge < -0.3 is 5.32 Å². The monoisotopic (exact) mass is 567 g/mol. The molecule has 0 fully saturated rings. The van der Waals surface area contributed by atoms with Crippen molar-refractivity contribution < 1.29 is 44.3 Å². The van der Waals surface area contributed by atoms with Gasteiger partial charge >= 0.3 is 12.4 Å². The summed E-state index contributed by atoms with van der Waals surface area (Å²) < 4.78 is 125. The summed E-state index contributed by atoms with van der Waals surface area (Å²) >= 11 is 0. The molecule has 208 valence electrons. The molecule has 11 heteroatoms. The van der Waals surface area contributed by atoms with Gasteiger partial charge in [-0.2, -0.15) is 26.3 Å². The third-order valence-corrected chi connectivity index (χ3v) is 6.28. The molecule has 0 aliphatic carbocycles. The number of hydrogen-bond acceptors (Lipinski definition) is 1. The third-order valence-electron chi connectivity index (χ3n) is 6.28. The minimum absolute atomic E-state index is 0.337. The number of hydrogen-bond donors (Lipinski definition) is 1. The van der Waals surface area contributed by atoms with Gasteiger partial charge in [0.1, 0.15) is 11.4 Å². The highest BCUT2D eigenvalue weighted by Crippen LogP contribution is 2.40. The van der Waals surface area contributed by atoms with E-state index >= 15 is 0 Å². The standard InChI is InChI=1S/C29H18F9NO/c30-22-12-13-23(31)25(32)24(22)26(40)39-27(16-17-6-2-1-3-7-17,18-8-4-10-20(14-18)28(33,34)35)19-9-5-11-21(15-19)29(36,37)38/h1-15H,16H2,(H,39,40). The molecular formula is C29H18F9NO. The van der Waals surface area contributed by atoms with Gasteiger partial charge in [0.25, 0.3) is 5.91 Å². The maximum absolute atomic E-state index is 14.6. The molecule has 40 heavy (non-hydrogen) atoms. The lowest BCUT2D eigenvalue weighted by Gasteiger charge is -2.37. The summed E-state index contributed by atoms with van der Waals surface area (Å²) in [7, 11) is 0. The van der Waals surface area contributed by atoms with Gasteiger partial charge in [0.15, 0.2) is 11.6 Å². The molecule has 0 spiro atoms. The van der Waals surface area contributed by atoms with Gasteiger partial charge in [-0.25, -0.2) is 13.2 Å². The number of nitrogens with one attached hydrogen (secondary N) is 1. The molecule has 1 amide bonds. The average molecular weight is 567 g/mol. The Morgan fingerprint density at radius 2 is 1.07 bits per heavy atom. The second kappa shape index (κ2) is 10.7. The van der Waals surface area contributed by atoms with E-state index in [2.05, 4.69) is 5.32 Å². The summed E-state index contributed by atoms with van der Waals surface area (Å²) in [5.74, 6) is -6.55. The van der Waals surface area contributed by atoms with Crippen molar-refractivity contribution in [3.8, 4) is 0 Å². The van der Waals surface area contributed by atoms with E-state index in [1.807, 2.05) is 0 Å². The molecule has 0 heterocycles. The Morgan fingerprint density at radius 3 is 1.57 bits per heavy atom. The van der Waals surface area contributed by atoms with Crippen LogP contribution < -0.4 is 5.32 Å². The lowest BCUT2D eigenvalue weighted by molar-refractivity contribution is -0.138. The van der Waals surface area contributed by atoms with Gasteiger partial charge in [-0.05, 0) is 53.1 Å². The van der Waals surface area contributed by atoms with Crippen LogP contribution in [0.1, 0.15) is 38.2 Å². The number of halogens is 9. The summed E-state index contributed by atoms with van der Waals surface area (Å²) in [5, 5.41) is 2.27. The fourth-order valence-corrected chi connectivity index (χ4v) is 4.37. The molecule has 4 aromatic rings. The summed E-state index contributed by atoms with van der Waals surface area (Å²) in [4.78, 5) is 13.4. The van der Waals surface area contributed by atoms with Crippen molar-refractivity contribution in [3.05, 3.63) is 142 Å². The van der Waals surface area contributed by atoms with Crippen molar-refractivity contribution in [1.29, 1.82) is 0 Å². The Balaban J connectivity index is 2.04. The molecule has 0 bridgehead atoms. The molecule has 0 atom stereocenters. The Kier molecular flexibility index (Phi) is 7.69. The maximum Gasteiger partial charge on any atom is 0.416 e. The second-order valence-electron chi connectivity index (χ2n) is 8.90. The topological polar surface area (TPSA) is 29.1 Å². The van der Waals surface area contributed by atoms with Crippen LogP contribution in [-0.2, 0) is 24.3 Å². The zero-order chi connectivity index (χ0) is 29.3. The summed E-state index contributed by atoms with van der Waals surface area (Å²) in [6.07, 6.45) is -10.2. The van der Waals surface area contributed by atoms with E-state index in [9.17, 15) is 44.3 Å². The highest BCUT2D eigenvalue weighted by molar-refractivity contribution is 5.95. The van der Waals surface area contributed by atoms with Crippen LogP contribution in [0.3, 0.4) is 0 Å². The minimum Gasteiger partial charge on any atom is -0.338 e. The van der Waals surface area contributed by atoms with Crippen LogP contribution in [0.4, 0.5) is 39.5 Å².